The van der Waals surface area contributed by atoms with Crippen LogP contribution in [0.3, 0.4) is 0 Å². The monoisotopic (exact) mass is 404 g/mol. The van der Waals surface area contributed by atoms with Crippen LogP contribution >= 0.6 is 0 Å². The number of esters is 1. The molecular formula is C23H20N2O5. The van der Waals surface area contributed by atoms with Gasteiger partial charge in [-0.3, -0.25) is 14.4 Å². The van der Waals surface area contributed by atoms with E-state index in [0.29, 0.717) is 22.4 Å². The third kappa shape index (κ3) is 4.88. The van der Waals surface area contributed by atoms with Gasteiger partial charge in [0, 0.05) is 28.6 Å². The lowest BCUT2D eigenvalue weighted by Gasteiger charge is -2.18. The minimum atomic E-state index is -1.23. The number of H-pyrrole nitrogens is 1. The molecule has 0 unspecified atom stereocenters. The standard InChI is InChI=1S/C23H20N2O5/c1-14(26)17-9-6-10-19(11-17)25-22(28)21(16-7-4-3-5-8-16)30-23(29)20-12-18(13-24-20)15(2)27/h3-13,21,24H,1-2H3,(H,25,28)/t21-/m1/s1. The number of nitrogens with one attached hydrogen (secondary N) is 2. The summed E-state index contributed by atoms with van der Waals surface area (Å²) in [6, 6.07) is 16.4. The second kappa shape index (κ2) is 9.00. The summed E-state index contributed by atoms with van der Waals surface area (Å²) < 4.78 is 5.47. The van der Waals surface area contributed by atoms with Crippen LogP contribution in [0.2, 0.25) is 0 Å². The highest BCUT2D eigenvalue weighted by atomic mass is 16.5. The zero-order valence-electron chi connectivity index (χ0n) is 16.5. The van der Waals surface area contributed by atoms with Crippen molar-refractivity contribution in [2.75, 3.05) is 5.32 Å². The van der Waals surface area contributed by atoms with Gasteiger partial charge >= 0.3 is 5.97 Å². The quantitative estimate of drug-likeness (QED) is 0.458. The Morgan fingerprint density at radius 2 is 1.57 bits per heavy atom. The van der Waals surface area contributed by atoms with Crippen LogP contribution in [0.1, 0.15) is 56.7 Å². The first-order chi connectivity index (χ1) is 14.3. The molecule has 0 saturated carbocycles. The largest absolute Gasteiger partial charge is 0.443 e. The van der Waals surface area contributed by atoms with Crippen LogP contribution < -0.4 is 5.32 Å². The molecular weight excluding hydrogens is 384 g/mol. The van der Waals surface area contributed by atoms with E-state index in [1.165, 1.54) is 26.1 Å². The molecule has 7 nitrogen and oxygen atoms in total. The van der Waals surface area contributed by atoms with Gasteiger partial charge in [0.1, 0.15) is 5.69 Å². The normalized spacial score (nSPS) is 11.4. The molecule has 7 heteroatoms. The summed E-state index contributed by atoms with van der Waals surface area (Å²) in [5.41, 5.74) is 1.73. The van der Waals surface area contributed by atoms with Crippen molar-refractivity contribution in [1.82, 2.24) is 4.98 Å². The van der Waals surface area contributed by atoms with Crippen molar-refractivity contribution in [2.24, 2.45) is 0 Å². The van der Waals surface area contributed by atoms with Crippen molar-refractivity contribution in [3.63, 3.8) is 0 Å². The average molecular weight is 404 g/mol. The number of ketones is 2. The van der Waals surface area contributed by atoms with Gasteiger partial charge in [-0.2, -0.15) is 0 Å². The predicted molar refractivity (Wildman–Crippen MR) is 110 cm³/mol. The zero-order chi connectivity index (χ0) is 21.7. The van der Waals surface area contributed by atoms with Crippen molar-refractivity contribution < 1.29 is 23.9 Å². The van der Waals surface area contributed by atoms with Crippen LogP contribution in [0.15, 0.2) is 66.9 Å². The number of hydrogen-bond acceptors (Lipinski definition) is 5. The highest BCUT2D eigenvalue weighted by Gasteiger charge is 2.26. The van der Waals surface area contributed by atoms with Crippen molar-refractivity contribution >= 4 is 29.1 Å². The van der Waals surface area contributed by atoms with Crippen LogP contribution in [0, 0.1) is 0 Å². The molecule has 152 valence electrons. The summed E-state index contributed by atoms with van der Waals surface area (Å²) in [5, 5.41) is 2.68. The summed E-state index contributed by atoms with van der Waals surface area (Å²) in [4.78, 5) is 51.2. The lowest BCUT2D eigenvalue weighted by atomic mass is 10.1. The fraction of sp³-hybridized carbons (Fsp3) is 0.130. The van der Waals surface area contributed by atoms with Gasteiger partial charge in [-0.1, -0.05) is 42.5 Å². The number of aromatic nitrogens is 1. The third-order valence-corrected chi connectivity index (χ3v) is 4.41. The first-order valence-corrected chi connectivity index (χ1v) is 9.22. The van der Waals surface area contributed by atoms with Crippen LogP contribution in [-0.2, 0) is 9.53 Å². The molecule has 3 rings (SSSR count). The average Bonchev–Trinajstić information content (AvgIpc) is 3.23. The summed E-state index contributed by atoms with van der Waals surface area (Å²) in [7, 11) is 0. The number of benzene rings is 2. The van der Waals surface area contributed by atoms with Gasteiger partial charge < -0.3 is 15.0 Å². The fourth-order valence-electron chi connectivity index (χ4n) is 2.81. The molecule has 0 aliphatic carbocycles. The Morgan fingerprint density at radius 3 is 2.20 bits per heavy atom. The van der Waals surface area contributed by atoms with Gasteiger partial charge in [-0.25, -0.2) is 4.79 Å². The van der Waals surface area contributed by atoms with E-state index in [2.05, 4.69) is 10.3 Å². The van der Waals surface area contributed by atoms with Gasteiger partial charge in [0.05, 0.1) is 0 Å². The Hall–Kier alpha value is -4.00. The molecule has 0 saturated heterocycles. The summed E-state index contributed by atoms with van der Waals surface area (Å²) >= 11 is 0. The van der Waals surface area contributed by atoms with E-state index in [1.807, 2.05) is 0 Å². The summed E-state index contributed by atoms with van der Waals surface area (Å²) in [5.74, 6) is -1.68. The number of amides is 1. The zero-order valence-corrected chi connectivity index (χ0v) is 16.5. The van der Waals surface area contributed by atoms with E-state index in [4.69, 9.17) is 4.74 Å². The van der Waals surface area contributed by atoms with E-state index < -0.39 is 18.0 Å². The molecule has 0 fully saturated rings. The molecule has 3 aromatic rings. The Morgan fingerprint density at radius 1 is 0.867 bits per heavy atom. The van der Waals surface area contributed by atoms with Gasteiger partial charge in [0.25, 0.3) is 5.91 Å². The molecule has 0 aliphatic heterocycles. The predicted octanol–water partition coefficient (Wildman–Crippen LogP) is 3.96. The maximum Gasteiger partial charge on any atom is 0.355 e. The first-order valence-electron chi connectivity index (χ1n) is 9.22. The van der Waals surface area contributed by atoms with Crippen LogP contribution in [0.5, 0.6) is 0 Å². The number of carbonyl (C=O) groups is 4. The van der Waals surface area contributed by atoms with Gasteiger partial charge in [0.2, 0.25) is 6.10 Å². The lowest BCUT2D eigenvalue weighted by Crippen LogP contribution is -2.26. The van der Waals surface area contributed by atoms with E-state index in [-0.39, 0.29) is 17.3 Å². The Balaban J connectivity index is 1.84. The molecule has 0 spiro atoms. The Labute approximate surface area is 173 Å². The number of rotatable bonds is 7. The number of anilines is 1. The van der Waals surface area contributed by atoms with Gasteiger partial charge in [-0.15, -0.1) is 0 Å². The summed E-state index contributed by atoms with van der Waals surface area (Å²) in [6.07, 6.45) is 0.174. The van der Waals surface area contributed by atoms with Crippen LogP contribution in [0.25, 0.3) is 0 Å². The number of aromatic amines is 1. The Bertz CT molecular complexity index is 1100. The third-order valence-electron chi connectivity index (χ3n) is 4.41. The number of carbonyl (C=O) groups excluding carboxylic acids is 4. The molecule has 30 heavy (non-hydrogen) atoms. The minimum absolute atomic E-state index is 0.0625. The van der Waals surface area contributed by atoms with Gasteiger partial charge in [-0.05, 0) is 32.0 Å². The molecule has 1 amide bonds. The minimum Gasteiger partial charge on any atom is -0.443 e. The van der Waals surface area contributed by atoms with E-state index in [1.54, 1.807) is 54.6 Å². The van der Waals surface area contributed by atoms with E-state index in [9.17, 15) is 19.2 Å². The molecule has 1 aromatic heterocycles. The molecule has 1 heterocycles. The molecule has 2 N–H and O–H groups in total. The van der Waals surface area contributed by atoms with Crippen LogP contribution in [0.4, 0.5) is 5.69 Å². The van der Waals surface area contributed by atoms with Crippen molar-refractivity contribution in [2.45, 2.75) is 20.0 Å². The lowest BCUT2D eigenvalue weighted by molar-refractivity contribution is -0.125. The van der Waals surface area contributed by atoms with E-state index >= 15 is 0 Å². The van der Waals surface area contributed by atoms with Crippen LogP contribution in [-0.4, -0.2) is 28.4 Å². The smallest absolute Gasteiger partial charge is 0.355 e. The second-order valence-electron chi connectivity index (χ2n) is 6.68. The maximum absolute atomic E-state index is 12.9. The molecule has 0 bridgehead atoms. The SMILES string of the molecule is CC(=O)c1cccc(NC(=O)[C@H](OC(=O)c2cc(C(C)=O)c[nH]2)c2ccccc2)c1. The topological polar surface area (TPSA) is 105 Å². The number of Topliss-reactive ketones (excluding diaryl/α,β-unsaturated/α-hetero) is 2. The van der Waals surface area contributed by atoms with Crippen molar-refractivity contribution in [3.05, 3.63) is 89.2 Å². The van der Waals surface area contributed by atoms with Crippen molar-refractivity contribution in [3.8, 4) is 0 Å². The second-order valence-corrected chi connectivity index (χ2v) is 6.68. The molecule has 0 aliphatic rings. The highest BCUT2D eigenvalue weighted by Crippen LogP contribution is 2.22. The fourth-order valence-corrected chi connectivity index (χ4v) is 2.81. The molecule has 1 atom stereocenters. The molecule has 0 radical (unpaired) electrons. The summed E-state index contributed by atoms with van der Waals surface area (Å²) in [6.45, 7) is 2.81. The maximum atomic E-state index is 12.9. The highest BCUT2D eigenvalue weighted by molar-refractivity contribution is 6.01. The van der Waals surface area contributed by atoms with Gasteiger partial charge in [0.15, 0.2) is 11.6 Å². The number of hydrogen-bond donors (Lipinski definition) is 2. The number of ether oxygens (including phenoxy) is 1. The first kappa shape index (κ1) is 20.7. The molecule has 2 aromatic carbocycles. The Kier molecular flexibility index (Phi) is 6.22. The van der Waals surface area contributed by atoms with Crippen molar-refractivity contribution in [1.29, 1.82) is 0 Å². The van der Waals surface area contributed by atoms with E-state index in [0.717, 1.165) is 0 Å².